The topological polar surface area (TPSA) is 81.4 Å². The number of hydrogen-bond donors (Lipinski definition) is 1. The first-order chi connectivity index (χ1) is 15.1. The number of anilines is 2. The number of aromatic nitrogens is 4. The van der Waals surface area contributed by atoms with E-state index < -0.39 is 0 Å². The molecule has 7 nitrogen and oxygen atoms in total. The van der Waals surface area contributed by atoms with Gasteiger partial charge in [0.15, 0.2) is 11.6 Å². The van der Waals surface area contributed by atoms with Crippen LogP contribution >= 0.6 is 0 Å². The Morgan fingerprint density at radius 3 is 2.58 bits per heavy atom. The molecule has 5 aromatic rings. The van der Waals surface area contributed by atoms with Gasteiger partial charge in [-0.15, -0.1) is 10.2 Å². The Morgan fingerprint density at radius 2 is 1.77 bits per heavy atom. The van der Waals surface area contributed by atoms with E-state index in [1.165, 1.54) is 0 Å². The number of carbonyl (C=O) groups excluding carboxylic acids is 1. The van der Waals surface area contributed by atoms with E-state index in [1.54, 1.807) is 13.2 Å². The summed E-state index contributed by atoms with van der Waals surface area (Å²) in [7, 11) is 1.63. The fourth-order valence-electron chi connectivity index (χ4n) is 3.59. The first-order valence-electron chi connectivity index (χ1n) is 9.80. The molecule has 0 unspecified atom stereocenters. The number of fused-ring (bicyclic) bond motifs is 3. The maximum atomic E-state index is 12.9. The van der Waals surface area contributed by atoms with Gasteiger partial charge in [0.05, 0.1) is 18.1 Å². The summed E-state index contributed by atoms with van der Waals surface area (Å²) in [4.78, 5) is 17.7. The van der Waals surface area contributed by atoms with Crippen LogP contribution in [0.3, 0.4) is 0 Å². The lowest BCUT2D eigenvalue weighted by atomic mass is 10.0. The van der Waals surface area contributed by atoms with Crippen LogP contribution in [-0.2, 0) is 0 Å². The Kier molecular flexibility index (Phi) is 4.55. The van der Waals surface area contributed by atoms with Crippen molar-refractivity contribution in [3.05, 3.63) is 89.7 Å². The molecular weight excluding hydrogens is 390 g/mol. The molecule has 0 radical (unpaired) electrons. The summed E-state index contributed by atoms with van der Waals surface area (Å²) < 4.78 is 7.21. The molecule has 7 heteroatoms. The van der Waals surface area contributed by atoms with E-state index in [9.17, 15) is 4.79 Å². The van der Waals surface area contributed by atoms with Gasteiger partial charge in [0.25, 0.3) is 0 Å². The average Bonchev–Trinajstić information content (AvgIpc) is 3.21. The summed E-state index contributed by atoms with van der Waals surface area (Å²) in [5, 5.41) is 11.9. The average molecular weight is 409 g/mol. The second-order valence-corrected chi connectivity index (χ2v) is 7.12. The lowest BCUT2D eigenvalue weighted by Gasteiger charge is -2.11. The molecule has 1 N–H and O–H groups in total. The van der Waals surface area contributed by atoms with Gasteiger partial charge < -0.3 is 10.1 Å². The molecule has 5 rings (SSSR count). The number of ketones is 1. The van der Waals surface area contributed by atoms with Crippen molar-refractivity contribution in [2.75, 3.05) is 12.4 Å². The van der Waals surface area contributed by atoms with Gasteiger partial charge in [-0.1, -0.05) is 36.4 Å². The number of hydrogen-bond acceptors (Lipinski definition) is 6. The van der Waals surface area contributed by atoms with E-state index in [0.717, 1.165) is 22.5 Å². The highest BCUT2D eigenvalue weighted by Gasteiger charge is 2.16. The predicted octanol–water partition coefficient (Wildman–Crippen LogP) is 4.57. The van der Waals surface area contributed by atoms with Crippen LogP contribution in [0, 0.1) is 6.92 Å². The molecule has 152 valence electrons. The van der Waals surface area contributed by atoms with E-state index in [2.05, 4.69) is 15.5 Å². The van der Waals surface area contributed by atoms with Gasteiger partial charge in [-0.3, -0.25) is 9.20 Å². The van der Waals surface area contributed by atoms with E-state index in [-0.39, 0.29) is 5.78 Å². The number of ether oxygens (including phenoxy) is 1. The van der Waals surface area contributed by atoms with E-state index >= 15 is 0 Å². The van der Waals surface area contributed by atoms with Crippen molar-refractivity contribution in [2.45, 2.75) is 6.92 Å². The zero-order valence-corrected chi connectivity index (χ0v) is 17.0. The normalized spacial score (nSPS) is 11.0. The van der Waals surface area contributed by atoms with E-state index in [4.69, 9.17) is 9.72 Å². The van der Waals surface area contributed by atoms with Crippen LogP contribution in [0.4, 0.5) is 11.5 Å². The minimum Gasteiger partial charge on any atom is -0.497 e. The highest BCUT2D eigenvalue weighted by atomic mass is 16.5. The van der Waals surface area contributed by atoms with Crippen molar-refractivity contribution in [3.8, 4) is 5.75 Å². The number of benzene rings is 3. The third-order valence-electron chi connectivity index (χ3n) is 5.12. The first kappa shape index (κ1) is 18.7. The molecule has 0 bridgehead atoms. The minimum absolute atomic E-state index is 0.0417. The maximum Gasteiger partial charge on any atom is 0.204 e. The number of nitrogens with one attached hydrogen (secondary N) is 1. The SMILES string of the molecule is COc1cccc(Nc2nc3ccc(C(=O)c4ccccc4)cc3n3c(C)nnc23)c1. The second kappa shape index (κ2) is 7.53. The van der Waals surface area contributed by atoms with Gasteiger partial charge in [-0.05, 0) is 37.3 Å². The predicted molar refractivity (Wildman–Crippen MR) is 119 cm³/mol. The largest absolute Gasteiger partial charge is 0.497 e. The zero-order valence-electron chi connectivity index (χ0n) is 17.0. The Hall–Kier alpha value is -4.26. The molecule has 0 aliphatic carbocycles. The minimum atomic E-state index is -0.0417. The van der Waals surface area contributed by atoms with Crippen molar-refractivity contribution >= 4 is 34.0 Å². The summed E-state index contributed by atoms with van der Waals surface area (Å²) in [5.41, 5.74) is 4.13. The van der Waals surface area contributed by atoms with Crippen LogP contribution in [0.2, 0.25) is 0 Å². The molecule has 0 fully saturated rings. The Bertz CT molecular complexity index is 1430. The molecule has 0 amide bonds. The van der Waals surface area contributed by atoms with Gasteiger partial charge in [-0.2, -0.15) is 0 Å². The summed E-state index contributed by atoms with van der Waals surface area (Å²) in [6.45, 7) is 1.88. The van der Waals surface area contributed by atoms with Gasteiger partial charge in [0.1, 0.15) is 11.6 Å². The molecule has 31 heavy (non-hydrogen) atoms. The van der Waals surface area contributed by atoms with Crippen LogP contribution in [0.5, 0.6) is 5.75 Å². The van der Waals surface area contributed by atoms with Crippen LogP contribution in [0.15, 0.2) is 72.8 Å². The van der Waals surface area contributed by atoms with Crippen molar-refractivity contribution in [3.63, 3.8) is 0 Å². The van der Waals surface area contributed by atoms with Crippen LogP contribution < -0.4 is 10.1 Å². The molecule has 0 saturated carbocycles. The van der Waals surface area contributed by atoms with Gasteiger partial charge in [-0.25, -0.2) is 4.98 Å². The van der Waals surface area contributed by atoms with Gasteiger partial charge in [0.2, 0.25) is 5.65 Å². The highest BCUT2D eigenvalue weighted by Crippen LogP contribution is 2.27. The number of carbonyl (C=O) groups is 1. The van der Waals surface area contributed by atoms with Crippen LogP contribution in [0.1, 0.15) is 21.7 Å². The van der Waals surface area contributed by atoms with Crippen LogP contribution in [0.25, 0.3) is 16.7 Å². The Morgan fingerprint density at radius 1 is 0.935 bits per heavy atom. The van der Waals surface area contributed by atoms with Gasteiger partial charge >= 0.3 is 0 Å². The summed E-state index contributed by atoms with van der Waals surface area (Å²) in [6.07, 6.45) is 0. The lowest BCUT2D eigenvalue weighted by Crippen LogP contribution is -2.04. The molecule has 2 heterocycles. The third-order valence-corrected chi connectivity index (χ3v) is 5.12. The second-order valence-electron chi connectivity index (χ2n) is 7.12. The summed E-state index contributed by atoms with van der Waals surface area (Å²) >= 11 is 0. The van der Waals surface area contributed by atoms with Crippen molar-refractivity contribution in [1.29, 1.82) is 0 Å². The molecule has 0 saturated heterocycles. The van der Waals surface area contributed by atoms with E-state index in [0.29, 0.717) is 28.4 Å². The fraction of sp³-hybridized carbons (Fsp3) is 0.0833. The molecule has 0 aliphatic rings. The summed E-state index contributed by atoms with van der Waals surface area (Å²) in [6, 6.07) is 22.3. The molecule has 2 aromatic heterocycles. The highest BCUT2D eigenvalue weighted by molar-refractivity contribution is 6.10. The Balaban J connectivity index is 1.64. The number of methoxy groups -OCH3 is 1. The number of rotatable bonds is 5. The molecular formula is C24H19N5O2. The molecule has 0 atom stereocenters. The molecule has 0 spiro atoms. The van der Waals surface area contributed by atoms with Crippen LogP contribution in [-0.4, -0.2) is 32.5 Å². The first-order valence-corrected chi connectivity index (χ1v) is 9.80. The fourth-order valence-corrected chi connectivity index (χ4v) is 3.59. The smallest absolute Gasteiger partial charge is 0.204 e. The standard InChI is InChI=1S/C24H19N5O2/c1-15-27-28-24-23(25-18-9-6-10-19(14-18)31-2)26-20-12-11-17(13-21(20)29(15)24)22(30)16-7-4-3-5-8-16/h3-14H,1-2H3,(H,25,26). The lowest BCUT2D eigenvalue weighted by molar-refractivity contribution is 0.103. The monoisotopic (exact) mass is 409 g/mol. The number of aryl methyl sites for hydroxylation is 1. The Labute approximate surface area is 178 Å². The zero-order chi connectivity index (χ0) is 21.4. The van der Waals surface area contributed by atoms with E-state index in [1.807, 2.05) is 78.1 Å². The van der Waals surface area contributed by atoms with Gasteiger partial charge in [0, 0.05) is 22.9 Å². The van der Waals surface area contributed by atoms with Crippen molar-refractivity contribution < 1.29 is 9.53 Å². The summed E-state index contributed by atoms with van der Waals surface area (Å²) in [5.74, 6) is 1.98. The quantitative estimate of drug-likeness (QED) is 0.428. The molecule has 0 aliphatic heterocycles. The number of nitrogens with zero attached hydrogens (tertiary/aromatic N) is 4. The van der Waals surface area contributed by atoms with Crippen molar-refractivity contribution in [1.82, 2.24) is 19.6 Å². The van der Waals surface area contributed by atoms with Crippen molar-refractivity contribution in [2.24, 2.45) is 0 Å². The third kappa shape index (κ3) is 3.36. The maximum absolute atomic E-state index is 12.9. The molecule has 3 aromatic carbocycles.